The zero-order chi connectivity index (χ0) is 36.5. The van der Waals surface area contributed by atoms with Gasteiger partial charge >= 0.3 is 11.9 Å². The molecule has 0 aromatic carbocycles. The Bertz CT molecular complexity index is 969. The highest BCUT2D eigenvalue weighted by molar-refractivity contribution is 5.87. The average Bonchev–Trinajstić information content (AvgIpc) is 3.12. The minimum Gasteiger partial charge on any atom is -0.462 e. The van der Waals surface area contributed by atoms with Gasteiger partial charge in [-0.3, -0.25) is 0 Å². The summed E-state index contributed by atoms with van der Waals surface area (Å²) in [5.74, 6) is 4.67. The van der Waals surface area contributed by atoms with Crippen LogP contribution < -0.4 is 0 Å². The molecule has 5 atom stereocenters. The van der Waals surface area contributed by atoms with Gasteiger partial charge < -0.3 is 24.4 Å². The van der Waals surface area contributed by atoms with Crippen LogP contribution in [0.2, 0.25) is 0 Å². The molecule has 7 heteroatoms. The highest BCUT2D eigenvalue weighted by Gasteiger charge is 2.44. The third-order valence-corrected chi connectivity index (χ3v) is 12.8. The summed E-state index contributed by atoms with van der Waals surface area (Å²) in [5, 5.41) is 19.4. The standard InChI is InChI=1S/C43H74O7/c1-7-9-12-32-15-17-35(18-16-32)36-19-20-40(34(8-2)25-36)39-26-37(13-10-22-49-42(46)30(3)4)41(48-24-21-33(28-44)29-45)38(27-39)14-11-23-50-43(47)31(5)6/h32-41,44-45H,3,5,7-29H2,1-2,4,6H3. The second-order valence-electron chi connectivity index (χ2n) is 16.6. The topological polar surface area (TPSA) is 102 Å². The minimum atomic E-state index is -0.336. The summed E-state index contributed by atoms with van der Waals surface area (Å²) in [6.07, 6.45) is 21.5. The smallest absolute Gasteiger partial charge is 0.333 e. The third-order valence-electron chi connectivity index (χ3n) is 12.8. The van der Waals surface area contributed by atoms with Crippen LogP contribution in [0.5, 0.6) is 0 Å². The van der Waals surface area contributed by atoms with Crippen LogP contribution in [-0.2, 0) is 23.8 Å². The molecule has 0 aliphatic heterocycles. The van der Waals surface area contributed by atoms with Crippen LogP contribution in [0.15, 0.2) is 24.3 Å². The number of hydrogen-bond donors (Lipinski definition) is 2. The quantitative estimate of drug-likeness (QED) is 0.0659. The predicted octanol–water partition coefficient (Wildman–Crippen LogP) is 9.24. The van der Waals surface area contributed by atoms with Gasteiger partial charge in [0.05, 0.1) is 19.3 Å². The molecule has 3 fully saturated rings. The highest BCUT2D eigenvalue weighted by Crippen LogP contribution is 2.52. The van der Waals surface area contributed by atoms with Crippen molar-refractivity contribution in [3.63, 3.8) is 0 Å². The molecule has 0 aromatic heterocycles. The second-order valence-corrected chi connectivity index (χ2v) is 16.6. The maximum atomic E-state index is 12.1. The van der Waals surface area contributed by atoms with E-state index in [-0.39, 0.29) is 37.2 Å². The van der Waals surface area contributed by atoms with Crippen LogP contribution in [0.3, 0.4) is 0 Å². The SMILES string of the molecule is C=C(C)C(=O)OCCCC1CC(C2CCC(C3CCC(CCCC)CC3)CC2CC)CC(CCCOC(=O)C(=C)C)C1OCCC(CO)CO. The molecule has 288 valence electrons. The van der Waals surface area contributed by atoms with Crippen molar-refractivity contribution in [2.24, 2.45) is 53.3 Å². The van der Waals surface area contributed by atoms with E-state index in [0.717, 1.165) is 68.1 Å². The van der Waals surface area contributed by atoms with Crippen LogP contribution in [0.4, 0.5) is 0 Å². The van der Waals surface area contributed by atoms with E-state index in [1.54, 1.807) is 13.8 Å². The molecule has 0 bridgehead atoms. The molecular formula is C43H74O7. The van der Waals surface area contributed by atoms with E-state index in [0.29, 0.717) is 55.1 Å². The van der Waals surface area contributed by atoms with Gasteiger partial charge in [0.25, 0.3) is 0 Å². The Balaban J connectivity index is 1.73. The number of unbranched alkanes of at least 4 members (excludes halogenated alkanes) is 1. The van der Waals surface area contributed by atoms with Crippen molar-refractivity contribution in [3.05, 3.63) is 24.3 Å². The van der Waals surface area contributed by atoms with E-state index >= 15 is 0 Å². The number of ether oxygens (including phenoxy) is 3. The van der Waals surface area contributed by atoms with E-state index in [4.69, 9.17) is 14.2 Å². The van der Waals surface area contributed by atoms with E-state index < -0.39 is 0 Å². The Morgan fingerprint density at radius 3 is 1.72 bits per heavy atom. The number of aliphatic hydroxyl groups is 2. The van der Waals surface area contributed by atoms with E-state index in [1.807, 2.05) is 0 Å². The normalized spacial score (nSPS) is 30.2. The summed E-state index contributed by atoms with van der Waals surface area (Å²) in [5.41, 5.74) is 0.842. The molecule has 0 heterocycles. The van der Waals surface area contributed by atoms with Crippen molar-refractivity contribution in [2.75, 3.05) is 33.0 Å². The first-order valence-corrected chi connectivity index (χ1v) is 20.6. The molecule has 3 rings (SSSR count). The molecule has 50 heavy (non-hydrogen) atoms. The van der Waals surface area contributed by atoms with Crippen molar-refractivity contribution < 1.29 is 34.0 Å². The molecule has 3 aliphatic rings. The van der Waals surface area contributed by atoms with E-state index in [9.17, 15) is 19.8 Å². The Kier molecular flexibility index (Phi) is 19.7. The van der Waals surface area contributed by atoms with Crippen molar-refractivity contribution in [3.8, 4) is 0 Å². The zero-order valence-corrected chi connectivity index (χ0v) is 32.4. The fraction of sp³-hybridized carbons (Fsp3) is 0.860. The third kappa shape index (κ3) is 13.7. The Labute approximate surface area is 305 Å². The summed E-state index contributed by atoms with van der Waals surface area (Å²) in [4.78, 5) is 24.2. The molecule has 0 amide bonds. The number of esters is 2. The van der Waals surface area contributed by atoms with Gasteiger partial charge in [0.2, 0.25) is 0 Å². The van der Waals surface area contributed by atoms with Crippen LogP contribution in [0, 0.1) is 53.3 Å². The van der Waals surface area contributed by atoms with Crippen molar-refractivity contribution in [1.29, 1.82) is 0 Å². The van der Waals surface area contributed by atoms with Gasteiger partial charge in [-0.1, -0.05) is 65.5 Å². The van der Waals surface area contributed by atoms with Crippen LogP contribution >= 0.6 is 0 Å². The molecule has 0 aromatic rings. The predicted molar refractivity (Wildman–Crippen MR) is 201 cm³/mol. The Morgan fingerprint density at radius 2 is 1.22 bits per heavy atom. The maximum absolute atomic E-state index is 12.1. The molecule has 0 radical (unpaired) electrons. The second kappa shape index (κ2) is 23.1. The number of hydrogen-bond acceptors (Lipinski definition) is 7. The number of rotatable bonds is 22. The molecule has 3 aliphatic carbocycles. The first-order valence-electron chi connectivity index (χ1n) is 20.6. The van der Waals surface area contributed by atoms with Gasteiger partial charge in [-0.05, 0) is 138 Å². The first-order chi connectivity index (χ1) is 24.1. The maximum Gasteiger partial charge on any atom is 0.333 e. The Hall–Kier alpha value is -1.70. The monoisotopic (exact) mass is 703 g/mol. The van der Waals surface area contributed by atoms with Crippen molar-refractivity contribution in [1.82, 2.24) is 0 Å². The molecule has 3 saturated carbocycles. The van der Waals surface area contributed by atoms with Gasteiger partial charge in [0, 0.05) is 36.9 Å². The lowest BCUT2D eigenvalue weighted by molar-refractivity contribution is -0.139. The average molecular weight is 703 g/mol. The van der Waals surface area contributed by atoms with Crippen LogP contribution in [0.1, 0.15) is 143 Å². The molecule has 5 unspecified atom stereocenters. The van der Waals surface area contributed by atoms with Gasteiger partial charge in [-0.25, -0.2) is 9.59 Å². The molecular weight excluding hydrogens is 628 g/mol. The molecule has 0 spiro atoms. The summed E-state index contributed by atoms with van der Waals surface area (Å²) in [7, 11) is 0. The fourth-order valence-electron chi connectivity index (χ4n) is 9.87. The van der Waals surface area contributed by atoms with Crippen molar-refractivity contribution in [2.45, 2.75) is 149 Å². The Morgan fingerprint density at radius 1 is 0.680 bits per heavy atom. The molecule has 2 N–H and O–H groups in total. The summed E-state index contributed by atoms with van der Waals surface area (Å²) < 4.78 is 17.7. The first kappa shape index (κ1) is 42.7. The lowest BCUT2D eigenvalue weighted by Gasteiger charge is -2.49. The highest BCUT2D eigenvalue weighted by atomic mass is 16.5. The van der Waals surface area contributed by atoms with Gasteiger partial charge in [-0.15, -0.1) is 0 Å². The van der Waals surface area contributed by atoms with Gasteiger partial charge in [-0.2, -0.15) is 0 Å². The van der Waals surface area contributed by atoms with E-state index in [1.165, 1.54) is 70.6 Å². The largest absolute Gasteiger partial charge is 0.462 e. The summed E-state index contributed by atoms with van der Waals surface area (Å²) in [6, 6.07) is 0. The number of aliphatic hydroxyl groups excluding tert-OH is 2. The lowest BCUT2D eigenvalue weighted by atomic mass is 9.58. The number of carbonyl (C=O) groups excluding carboxylic acids is 2. The van der Waals surface area contributed by atoms with E-state index in [2.05, 4.69) is 27.0 Å². The fourth-order valence-corrected chi connectivity index (χ4v) is 9.87. The van der Waals surface area contributed by atoms with Crippen molar-refractivity contribution >= 4 is 11.9 Å². The summed E-state index contributed by atoms with van der Waals surface area (Å²) in [6.45, 7) is 16.7. The van der Waals surface area contributed by atoms with Crippen LogP contribution in [-0.4, -0.2) is 61.3 Å². The zero-order valence-electron chi connectivity index (χ0n) is 32.4. The molecule has 0 saturated heterocycles. The summed E-state index contributed by atoms with van der Waals surface area (Å²) >= 11 is 0. The minimum absolute atomic E-state index is 0.0391. The van der Waals surface area contributed by atoms with Gasteiger partial charge in [0.15, 0.2) is 0 Å². The van der Waals surface area contributed by atoms with Gasteiger partial charge in [0.1, 0.15) is 0 Å². The number of carbonyl (C=O) groups is 2. The molecule has 7 nitrogen and oxygen atoms in total. The van der Waals surface area contributed by atoms with Crippen LogP contribution in [0.25, 0.3) is 0 Å². The lowest BCUT2D eigenvalue weighted by Crippen LogP contribution is -2.44.